The zero-order valence-electron chi connectivity index (χ0n) is 12.4. The second-order valence-electron chi connectivity index (χ2n) is 5.83. The molecule has 22 heavy (non-hydrogen) atoms. The number of allylic oxidation sites excluding steroid dienone is 2. The monoisotopic (exact) mass is 298 g/mol. The lowest BCUT2D eigenvalue weighted by molar-refractivity contribution is -0.142. The molecule has 0 aromatic heterocycles. The van der Waals surface area contributed by atoms with Gasteiger partial charge in [-0.3, -0.25) is 19.3 Å². The van der Waals surface area contributed by atoms with Crippen molar-refractivity contribution in [3.63, 3.8) is 0 Å². The Morgan fingerprint density at radius 1 is 1.09 bits per heavy atom. The van der Waals surface area contributed by atoms with E-state index in [9.17, 15) is 14.4 Å². The Morgan fingerprint density at radius 2 is 1.64 bits per heavy atom. The number of rotatable bonds is 3. The molecule has 2 aliphatic rings. The molecule has 3 rings (SSSR count). The van der Waals surface area contributed by atoms with Crippen LogP contribution >= 0.6 is 0 Å². The lowest BCUT2D eigenvalue weighted by atomic mass is 9.85. The van der Waals surface area contributed by atoms with Gasteiger partial charge in [0.2, 0.25) is 17.7 Å². The fourth-order valence-corrected chi connectivity index (χ4v) is 3.01. The smallest absolute Gasteiger partial charge is 0.244 e. The fourth-order valence-electron chi connectivity index (χ4n) is 3.01. The summed E-state index contributed by atoms with van der Waals surface area (Å²) in [5.41, 5.74) is 1.76. The molecule has 1 aromatic rings. The predicted molar refractivity (Wildman–Crippen MR) is 81.9 cm³/mol. The summed E-state index contributed by atoms with van der Waals surface area (Å²) >= 11 is 0. The maximum Gasteiger partial charge on any atom is 0.244 e. The first-order valence-electron chi connectivity index (χ1n) is 7.43. The van der Waals surface area contributed by atoms with E-state index < -0.39 is 0 Å². The van der Waals surface area contributed by atoms with E-state index in [1.165, 1.54) is 0 Å². The molecule has 1 fully saturated rings. The molecule has 1 saturated heterocycles. The number of carbonyl (C=O) groups excluding carboxylic acids is 3. The molecule has 1 aliphatic carbocycles. The lowest BCUT2D eigenvalue weighted by Gasteiger charge is -2.14. The van der Waals surface area contributed by atoms with E-state index in [1.807, 2.05) is 31.2 Å². The van der Waals surface area contributed by atoms with Gasteiger partial charge >= 0.3 is 0 Å². The van der Waals surface area contributed by atoms with E-state index in [2.05, 4.69) is 5.32 Å². The molecule has 0 radical (unpaired) electrons. The molecule has 0 unspecified atom stereocenters. The van der Waals surface area contributed by atoms with Crippen molar-refractivity contribution in [2.45, 2.75) is 19.8 Å². The molecular weight excluding hydrogens is 280 g/mol. The minimum Gasteiger partial charge on any atom is -0.325 e. The number of likely N-dealkylation sites (tertiary alicyclic amines) is 1. The van der Waals surface area contributed by atoms with Gasteiger partial charge in [-0.05, 0) is 31.9 Å². The Balaban J connectivity index is 1.65. The Kier molecular flexibility index (Phi) is 3.79. The number of benzene rings is 1. The van der Waals surface area contributed by atoms with Gasteiger partial charge in [-0.2, -0.15) is 0 Å². The molecule has 5 heteroatoms. The van der Waals surface area contributed by atoms with E-state index >= 15 is 0 Å². The molecular formula is C17H18N2O3. The summed E-state index contributed by atoms with van der Waals surface area (Å²) < 4.78 is 0. The number of fused-ring (bicyclic) bond motifs is 1. The molecule has 0 bridgehead atoms. The quantitative estimate of drug-likeness (QED) is 0.684. The number of nitrogens with zero attached hydrogens (tertiary/aromatic N) is 1. The Labute approximate surface area is 129 Å². The van der Waals surface area contributed by atoms with Crippen molar-refractivity contribution in [1.29, 1.82) is 0 Å². The van der Waals surface area contributed by atoms with Gasteiger partial charge in [-0.25, -0.2) is 0 Å². The van der Waals surface area contributed by atoms with Crippen LogP contribution in [0.1, 0.15) is 18.4 Å². The summed E-state index contributed by atoms with van der Waals surface area (Å²) in [5, 5.41) is 2.72. The Morgan fingerprint density at radius 3 is 2.18 bits per heavy atom. The number of aryl methyl sites for hydroxylation is 1. The summed E-state index contributed by atoms with van der Waals surface area (Å²) in [5.74, 6) is -1.37. The molecule has 5 nitrogen and oxygen atoms in total. The van der Waals surface area contributed by atoms with Crippen LogP contribution in [0.15, 0.2) is 36.4 Å². The second kappa shape index (κ2) is 5.75. The maximum atomic E-state index is 12.3. The average molecular weight is 298 g/mol. The van der Waals surface area contributed by atoms with Crippen LogP contribution < -0.4 is 5.32 Å². The van der Waals surface area contributed by atoms with Crippen molar-refractivity contribution in [1.82, 2.24) is 4.90 Å². The highest BCUT2D eigenvalue weighted by Crippen LogP contribution is 2.34. The van der Waals surface area contributed by atoms with Gasteiger partial charge in [0, 0.05) is 5.69 Å². The van der Waals surface area contributed by atoms with Crippen LogP contribution in [0.3, 0.4) is 0 Å². The van der Waals surface area contributed by atoms with Crippen LogP contribution in [0.5, 0.6) is 0 Å². The summed E-state index contributed by atoms with van der Waals surface area (Å²) in [6, 6.07) is 7.37. The first-order valence-corrected chi connectivity index (χ1v) is 7.43. The highest BCUT2D eigenvalue weighted by atomic mass is 16.2. The SMILES string of the molecule is Cc1ccc(NC(=O)CN2C(=O)[C@H]3CC=CC[C@@H]3C2=O)cc1. The number of carbonyl (C=O) groups is 3. The molecule has 1 aromatic carbocycles. The van der Waals surface area contributed by atoms with Crippen LogP contribution in [0.4, 0.5) is 5.69 Å². The van der Waals surface area contributed by atoms with Crippen LogP contribution in [-0.4, -0.2) is 29.2 Å². The van der Waals surface area contributed by atoms with Gasteiger partial charge in [-0.15, -0.1) is 0 Å². The Hall–Kier alpha value is -2.43. The average Bonchev–Trinajstić information content (AvgIpc) is 2.75. The zero-order chi connectivity index (χ0) is 15.7. The normalized spacial score (nSPS) is 23.6. The number of anilines is 1. The summed E-state index contributed by atoms with van der Waals surface area (Å²) in [7, 11) is 0. The van der Waals surface area contributed by atoms with Gasteiger partial charge in [-0.1, -0.05) is 29.8 Å². The summed E-state index contributed by atoms with van der Waals surface area (Å²) in [6.45, 7) is 1.75. The third kappa shape index (κ3) is 2.66. The van der Waals surface area contributed by atoms with Gasteiger partial charge in [0.25, 0.3) is 0 Å². The molecule has 114 valence electrons. The molecule has 1 N–H and O–H groups in total. The summed E-state index contributed by atoms with van der Waals surface area (Å²) in [6.07, 6.45) is 5.04. The van der Waals surface area contributed by atoms with Gasteiger partial charge in [0.05, 0.1) is 11.8 Å². The van der Waals surface area contributed by atoms with E-state index in [1.54, 1.807) is 12.1 Å². The lowest BCUT2D eigenvalue weighted by Crippen LogP contribution is -2.38. The van der Waals surface area contributed by atoms with E-state index in [-0.39, 0.29) is 36.1 Å². The van der Waals surface area contributed by atoms with Crippen LogP contribution in [0.25, 0.3) is 0 Å². The fraction of sp³-hybridized carbons (Fsp3) is 0.353. The number of nitrogens with one attached hydrogen (secondary N) is 1. The second-order valence-corrected chi connectivity index (χ2v) is 5.83. The zero-order valence-corrected chi connectivity index (χ0v) is 12.4. The van der Waals surface area contributed by atoms with E-state index in [0.717, 1.165) is 10.5 Å². The van der Waals surface area contributed by atoms with Crippen LogP contribution in [0, 0.1) is 18.8 Å². The molecule has 0 saturated carbocycles. The number of imide groups is 1. The maximum absolute atomic E-state index is 12.3. The van der Waals surface area contributed by atoms with Crippen molar-refractivity contribution in [3.05, 3.63) is 42.0 Å². The highest BCUT2D eigenvalue weighted by molar-refractivity contribution is 6.08. The number of hydrogen-bond donors (Lipinski definition) is 1. The number of amides is 3. The Bertz CT molecular complexity index is 622. The van der Waals surface area contributed by atoms with Crippen molar-refractivity contribution < 1.29 is 14.4 Å². The summed E-state index contributed by atoms with van der Waals surface area (Å²) in [4.78, 5) is 37.7. The van der Waals surface area contributed by atoms with Crippen molar-refractivity contribution in [2.24, 2.45) is 11.8 Å². The minimum atomic E-state index is -0.350. The van der Waals surface area contributed by atoms with E-state index in [0.29, 0.717) is 18.5 Å². The third-order valence-electron chi connectivity index (χ3n) is 4.24. The third-order valence-corrected chi connectivity index (χ3v) is 4.24. The van der Waals surface area contributed by atoms with Crippen LogP contribution in [-0.2, 0) is 14.4 Å². The van der Waals surface area contributed by atoms with Crippen molar-refractivity contribution in [2.75, 3.05) is 11.9 Å². The van der Waals surface area contributed by atoms with Gasteiger partial charge < -0.3 is 5.32 Å². The largest absolute Gasteiger partial charge is 0.325 e. The van der Waals surface area contributed by atoms with E-state index in [4.69, 9.17) is 0 Å². The topological polar surface area (TPSA) is 66.5 Å². The standard InChI is InChI=1S/C17H18N2O3/c1-11-6-8-12(9-7-11)18-15(20)10-19-16(21)13-4-2-3-5-14(13)17(19)22/h2-3,6-9,13-14H,4-5,10H2,1H3,(H,18,20)/t13-,14-/m0/s1. The van der Waals surface area contributed by atoms with Crippen molar-refractivity contribution >= 4 is 23.4 Å². The molecule has 0 spiro atoms. The highest BCUT2D eigenvalue weighted by Gasteiger charge is 2.47. The number of hydrogen-bond acceptors (Lipinski definition) is 3. The first kappa shape index (κ1) is 14.5. The van der Waals surface area contributed by atoms with Gasteiger partial charge in [0.1, 0.15) is 6.54 Å². The van der Waals surface area contributed by atoms with Gasteiger partial charge in [0.15, 0.2) is 0 Å². The van der Waals surface area contributed by atoms with Crippen molar-refractivity contribution in [3.8, 4) is 0 Å². The predicted octanol–water partition coefficient (Wildman–Crippen LogP) is 1.88. The molecule has 2 atom stereocenters. The molecule has 3 amide bonds. The first-order chi connectivity index (χ1) is 10.6. The molecule has 1 heterocycles. The molecule has 1 aliphatic heterocycles. The minimum absolute atomic E-state index is 0.210. The van der Waals surface area contributed by atoms with Crippen LogP contribution in [0.2, 0.25) is 0 Å².